The maximum absolute atomic E-state index is 9.22. The van der Waals surface area contributed by atoms with E-state index in [0.29, 0.717) is 0 Å². The summed E-state index contributed by atoms with van der Waals surface area (Å²) in [6.45, 7) is 3.32. The Morgan fingerprint density at radius 1 is 0.731 bits per heavy atom. The van der Waals surface area contributed by atoms with Crippen molar-refractivity contribution in [3.63, 3.8) is 0 Å². The summed E-state index contributed by atoms with van der Waals surface area (Å²) < 4.78 is 65.1. The van der Waals surface area contributed by atoms with Crippen molar-refractivity contribution >= 4 is 20.8 Å². The third kappa shape index (κ3) is 165. The predicted octanol–water partition coefficient (Wildman–Crippen LogP) is -7.73. The van der Waals surface area contributed by atoms with Crippen molar-refractivity contribution in [2.45, 2.75) is 0 Å². The van der Waals surface area contributed by atoms with Crippen LogP contribution in [0.15, 0.2) is 0 Å². The zero-order valence-corrected chi connectivity index (χ0v) is 17.0. The highest BCUT2D eigenvalue weighted by atomic mass is 32.3. The molecule has 0 aliphatic heterocycles. The molecule has 0 rings (SSSR count). The van der Waals surface area contributed by atoms with E-state index in [1.165, 1.54) is 0 Å². The highest BCUT2D eigenvalue weighted by Crippen LogP contribution is 1.74. The van der Waals surface area contributed by atoms with Gasteiger partial charge in [-0.25, -0.2) is 8.42 Å². The number of rotatable bonds is 7. The SMILES string of the molecule is COS(=O)(=O)[O-].C[NH2+]CCO.C[NH2+]CCO.C[NH2+]CCO.O=S(=O)([O-])[O-]. The Labute approximate surface area is 155 Å². The zero-order valence-electron chi connectivity index (χ0n) is 15.4. The average Bonchev–Trinajstić information content (AvgIpc) is 2.49. The molecule has 9 N–H and O–H groups in total. The van der Waals surface area contributed by atoms with Crippen molar-refractivity contribution in [2.75, 3.05) is 67.7 Å². The molecule has 0 bridgehead atoms. The number of quaternary nitrogens is 3. The summed E-state index contributed by atoms with van der Waals surface area (Å²) in [5.41, 5.74) is 0. The van der Waals surface area contributed by atoms with E-state index in [2.05, 4.69) is 4.18 Å². The van der Waals surface area contributed by atoms with Gasteiger partial charge in [0.25, 0.3) is 0 Å². The van der Waals surface area contributed by atoms with Crippen LogP contribution in [0, 0.1) is 0 Å². The van der Waals surface area contributed by atoms with E-state index in [4.69, 9.17) is 32.8 Å². The Hall–Kier alpha value is -0.500. The molecule has 0 fully saturated rings. The fraction of sp³-hybridized carbons (Fsp3) is 1.00. The van der Waals surface area contributed by atoms with E-state index in [-0.39, 0.29) is 19.8 Å². The summed E-state index contributed by atoms with van der Waals surface area (Å²) in [7, 11) is -2.99. The highest BCUT2D eigenvalue weighted by Gasteiger charge is 1.79. The molecular formula is C10H33N3O11S2. The number of aliphatic hydroxyl groups excluding tert-OH is 3. The zero-order chi connectivity index (χ0) is 22.1. The summed E-state index contributed by atoms with van der Waals surface area (Å²) in [6, 6.07) is 0. The second kappa shape index (κ2) is 29.3. The largest absolute Gasteiger partial charge is 0.759 e. The van der Waals surface area contributed by atoms with E-state index in [1.54, 1.807) is 0 Å². The molecule has 0 atom stereocenters. The molecule has 0 aromatic carbocycles. The molecule has 166 valence electrons. The molecule has 16 heteroatoms. The maximum Gasteiger partial charge on any atom is 0.217 e. The van der Waals surface area contributed by atoms with Crippen molar-refractivity contribution in [1.82, 2.24) is 0 Å². The average molecular weight is 436 g/mol. The summed E-state index contributed by atoms with van der Waals surface area (Å²) >= 11 is 0. The lowest BCUT2D eigenvalue weighted by Crippen LogP contribution is -2.80. The number of nitrogens with two attached hydrogens (primary N) is 3. The predicted molar refractivity (Wildman–Crippen MR) is 86.6 cm³/mol. The second-order valence-electron chi connectivity index (χ2n) is 3.74. The fourth-order valence-electron chi connectivity index (χ4n) is 0.387. The number of hydrogen-bond donors (Lipinski definition) is 6. The number of hydrogen-bond acceptors (Lipinski definition) is 11. The molecule has 0 heterocycles. The van der Waals surface area contributed by atoms with Crippen LogP contribution in [0.4, 0.5) is 0 Å². The molecule has 0 saturated carbocycles. The van der Waals surface area contributed by atoms with E-state index >= 15 is 0 Å². The number of likely N-dealkylation sites (N-methyl/N-ethyl adjacent to an activating group) is 3. The molecule has 26 heavy (non-hydrogen) atoms. The molecule has 0 radical (unpaired) electrons. The van der Waals surface area contributed by atoms with Crippen LogP contribution >= 0.6 is 0 Å². The van der Waals surface area contributed by atoms with Crippen LogP contribution in [-0.2, 0) is 25.0 Å². The van der Waals surface area contributed by atoms with Crippen molar-refractivity contribution in [1.29, 1.82) is 0 Å². The summed E-state index contributed by atoms with van der Waals surface area (Å²) in [5.74, 6) is 0. The Balaban J connectivity index is -0.0000000708. The van der Waals surface area contributed by atoms with Gasteiger partial charge in [-0.1, -0.05) is 0 Å². The third-order valence-electron chi connectivity index (χ3n) is 1.46. The van der Waals surface area contributed by atoms with Crippen molar-refractivity contribution in [3.05, 3.63) is 0 Å². The van der Waals surface area contributed by atoms with Gasteiger partial charge in [0.15, 0.2) is 0 Å². The first kappa shape index (κ1) is 36.4. The van der Waals surface area contributed by atoms with E-state index in [1.807, 2.05) is 37.1 Å². The van der Waals surface area contributed by atoms with E-state index in [0.717, 1.165) is 26.7 Å². The first-order valence-corrected chi connectivity index (χ1v) is 9.81. The van der Waals surface area contributed by atoms with Crippen LogP contribution in [-0.4, -0.2) is 114 Å². The van der Waals surface area contributed by atoms with E-state index < -0.39 is 20.8 Å². The molecule has 0 aromatic rings. The molecule has 0 aliphatic carbocycles. The monoisotopic (exact) mass is 435 g/mol. The quantitative estimate of drug-likeness (QED) is 0.161. The van der Waals surface area contributed by atoms with Gasteiger partial charge >= 0.3 is 0 Å². The van der Waals surface area contributed by atoms with Crippen LogP contribution in [0.5, 0.6) is 0 Å². The first-order chi connectivity index (χ1) is 11.8. The van der Waals surface area contributed by atoms with Gasteiger partial charge in [-0.15, -0.1) is 0 Å². The Bertz CT molecular complexity index is 390. The Morgan fingerprint density at radius 3 is 0.885 bits per heavy atom. The third-order valence-corrected chi connectivity index (χ3v) is 1.87. The minimum absolute atomic E-state index is 0.288. The molecule has 14 nitrogen and oxygen atoms in total. The molecule has 0 saturated heterocycles. The standard InChI is InChI=1S/3C3H9NO.CH4O4S.H2O4S/c3*1-4-2-3-5;1-5-6(2,3)4;1-5(2,3)4/h3*4-5H,2-3H2,1H3;1H3,(H,2,3,4);(H2,1,2,3,4). The smallest absolute Gasteiger partial charge is 0.217 e. The van der Waals surface area contributed by atoms with Crippen LogP contribution in [0.3, 0.4) is 0 Å². The molecule has 0 aromatic heterocycles. The van der Waals surface area contributed by atoms with Gasteiger partial charge in [0.1, 0.15) is 0 Å². The van der Waals surface area contributed by atoms with Gasteiger partial charge in [-0.05, 0) is 0 Å². The molecule has 0 amide bonds. The van der Waals surface area contributed by atoms with Crippen LogP contribution in [0.1, 0.15) is 0 Å². The van der Waals surface area contributed by atoms with Crippen LogP contribution in [0.2, 0.25) is 0 Å². The Morgan fingerprint density at radius 2 is 0.885 bits per heavy atom. The Kier molecular flexibility index (Phi) is 41.0. The lowest BCUT2D eigenvalue weighted by molar-refractivity contribution is -0.628. The highest BCUT2D eigenvalue weighted by molar-refractivity contribution is 7.80. The summed E-state index contributed by atoms with van der Waals surface area (Å²) in [6.07, 6.45) is 0. The molecule has 0 unspecified atom stereocenters. The van der Waals surface area contributed by atoms with Gasteiger partial charge < -0.3 is 44.9 Å². The topological polar surface area (TPSA) is 257 Å². The van der Waals surface area contributed by atoms with Gasteiger partial charge in [-0.2, -0.15) is 0 Å². The summed E-state index contributed by atoms with van der Waals surface area (Å²) in [5, 5.41) is 29.9. The first-order valence-electron chi connectivity index (χ1n) is 7.15. The maximum atomic E-state index is 9.22. The lowest BCUT2D eigenvalue weighted by Gasteiger charge is -2.06. The van der Waals surface area contributed by atoms with Crippen molar-refractivity contribution < 1.29 is 65.9 Å². The van der Waals surface area contributed by atoms with Crippen molar-refractivity contribution in [2.24, 2.45) is 0 Å². The molecule has 0 aliphatic rings. The lowest BCUT2D eigenvalue weighted by atomic mass is 10.7. The van der Waals surface area contributed by atoms with Gasteiger partial charge in [0, 0.05) is 10.4 Å². The minimum Gasteiger partial charge on any atom is -0.759 e. The molecular weight excluding hydrogens is 402 g/mol. The normalized spacial score (nSPS) is 9.77. The van der Waals surface area contributed by atoms with Crippen molar-refractivity contribution in [3.8, 4) is 0 Å². The minimum atomic E-state index is -5.17. The summed E-state index contributed by atoms with van der Waals surface area (Å²) in [4.78, 5) is 0. The van der Waals surface area contributed by atoms with E-state index in [9.17, 15) is 13.0 Å². The van der Waals surface area contributed by atoms with Gasteiger partial charge in [0.2, 0.25) is 10.4 Å². The molecule has 0 spiro atoms. The van der Waals surface area contributed by atoms with Crippen LogP contribution < -0.4 is 16.0 Å². The fourth-order valence-corrected chi connectivity index (χ4v) is 0.387. The van der Waals surface area contributed by atoms with Gasteiger partial charge in [-0.3, -0.25) is 12.6 Å². The van der Waals surface area contributed by atoms with Gasteiger partial charge in [0.05, 0.1) is 67.7 Å². The number of aliphatic hydroxyl groups is 3. The second-order valence-corrected chi connectivity index (χ2v) is 5.71. The van der Waals surface area contributed by atoms with Crippen LogP contribution in [0.25, 0.3) is 0 Å².